The molecule has 0 radical (unpaired) electrons. The van der Waals surface area contributed by atoms with Gasteiger partial charge in [0.1, 0.15) is 11.7 Å². The highest BCUT2D eigenvalue weighted by Crippen LogP contribution is 2.72. The molecule has 224 valence electrons. The molecule has 0 bridgehead atoms. The highest BCUT2D eigenvalue weighted by Gasteiger charge is 2.66. The van der Waals surface area contributed by atoms with Gasteiger partial charge in [0, 0.05) is 23.7 Å². The number of rotatable bonds is 8. The van der Waals surface area contributed by atoms with Crippen LogP contribution in [0.15, 0.2) is 35.5 Å². The van der Waals surface area contributed by atoms with Gasteiger partial charge in [0.05, 0.1) is 18.6 Å². The fourth-order valence-electron chi connectivity index (χ4n) is 9.38. The lowest BCUT2D eigenvalue weighted by Crippen LogP contribution is -2.55. The van der Waals surface area contributed by atoms with Gasteiger partial charge >= 0.3 is 11.9 Å². The second kappa shape index (κ2) is 10.1. The molecule has 40 heavy (non-hydrogen) atoms. The van der Waals surface area contributed by atoms with E-state index in [1.54, 1.807) is 0 Å². The van der Waals surface area contributed by atoms with E-state index in [9.17, 15) is 30.0 Å². The highest BCUT2D eigenvalue weighted by atomic mass is 16.5. The summed E-state index contributed by atoms with van der Waals surface area (Å²) in [4.78, 5) is 24.5. The van der Waals surface area contributed by atoms with E-state index in [0.717, 1.165) is 19.3 Å². The Morgan fingerprint density at radius 3 is 2.40 bits per heavy atom. The molecule has 7 nitrogen and oxygen atoms in total. The van der Waals surface area contributed by atoms with Gasteiger partial charge in [-0.05, 0) is 85.3 Å². The summed E-state index contributed by atoms with van der Waals surface area (Å²) in [5.41, 5.74) is 0.329. The molecule has 0 aromatic heterocycles. The number of aliphatic hydroxyl groups is 3. The van der Waals surface area contributed by atoms with Crippen LogP contribution in [0.4, 0.5) is 0 Å². The first kappa shape index (κ1) is 31.0. The SMILES string of the molecule is C=C(CC[C@@H](C(=O)O)[C@H]1[C@H](O)C[C@@]2(C)C3=CC[C@H]4C(C)(C)[C@@H](OC(C)=O)CC[C@]4(C)C3=CC[C@]12C)C(C)(O)CO. The Bertz CT molecular complexity index is 1130. The largest absolute Gasteiger partial charge is 0.481 e. The van der Waals surface area contributed by atoms with Crippen LogP contribution in [0, 0.1) is 39.4 Å². The number of aliphatic hydroxyl groups excluding tert-OH is 2. The Labute approximate surface area is 239 Å². The van der Waals surface area contributed by atoms with E-state index >= 15 is 0 Å². The lowest BCUT2D eigenvalue weighted by Gasteiger charge is -2.61. The summed E-state index contributed by atoms with van der Waals surface area (Å²) in [7, 11) is 0. The van der Waals surface area contributed by atoms with E-state index in [-0.39, 0.29) is 35.7 Å². The van der Waals surface area contributed by atoms with Crippen molar-refractivity contribution in [2.24, 2.45) is 39.4 Å². The molecule has 0 aromatic carbocycles. The molecule has 9 atom stereocenters. The molecule has 4 rings (SSSR count). The Hall–Kier alpha value is -1.96. The van der Waals surface area contributed by atoms with E-state index < -0.39 is 46.9 Å². The number of carbonyl (C=O) groups is 2. The predicted octanol–water partition coefficient (Wildman–Crippen LogP) is 5.19. The number of carbonyl (C=O) groups excluding carboxylic acids is 1. The normalized spacial score (nSPS) is 40.4. The average molecular weight is 559 g/mol. The maximum absolute atomic E-state index is 12.7. The molecule has 4 N–H and O–H groups in total. The summed E-state index contributed by atoms with van der Waals surface area (Å²) in [5, 5.41) is 41.8. The highest BCUT2D eigenvalue weighted by molar-refractivity contribution is 5.71. The molecule has 0 saturated heterocycles. The maximum Gasteiger partial charge on any atom is 0.306 e. The van der Waals surface area contributed by atoms with Crippen LogP contribution in [0.25, 0.3) is 0 Å². The van der Waals surface area contributed by atoms with Gasteiger partial charge in [-0.2, -0.15) is 0 Å². The fourth-order valence-corrected chi connectivity index (χ4v) is 9.38. The van der Waals surface area contributed by atoms with E-state index in [4.69, 9.17) is 4.74 Å². The van der Waals surface area contributed by atoms with Crippen molar-refractivity contribution in [1.29, 1.82) is 0 Å². The Kier molecular flexibility index (Phi) is 7.82. The van der Waals surface area contributed by atoms with Crippen LogP contribution in [0.2, 0.25) is 0 Å². The zero-order valence-electron chi connectivity index (χ0n) is 25.4. The molecule has 0 amide bonds. The van der Waals surface area contributed by atoms with E-state index in [2.05, 4.69) is 53.3 Å². The summed E-state index contributed by atoms with van der Waals surface area (Å²) in [6.07, 6.45) is 7.96. The van der Waals surface area contributed by atoms with Gasteiger partial charge in [0.25, 0.3) is 0 Å². The number of fused-ring (bicyclic) bond motifs is 5. The van der Waals surface area contributed by atoms with Crippen molar-refractivity contribution in [1.82, 2.24) is 0 Å². The first-order chi connectivity index (χ1) is 18.4. The monoisotopic (exact) mass is 558 g/mol. The van der Waals surface area contributed by atoms with Crippen molar-refractivity contribution in [3.05, 3.63) is 35.5 Å². The lowest BCUT2D eigenvalue weighted by molar-refractivity contribution is -0.165. The van der Waals surface area contributed by atoms with E-state index in [0.29, 0.717) is 24.3 Å². The zero-order valence-corrected chi connectivity index (χ0v) is 25.4. The summed E-state index contributed by atoms with van der Waals surface area (Å²) >= 11 is 0. The summed E-state index contributed by atoms with van der Waals surface area (Å²) in [5.74, 6) is -2.18. The third kappa shape index (κ3) is 4.51. The van der Waals surface area contributed by atoms with Crippen LogP contribution in [0.1, 0.15) is 93.4 Å². The average Bonchev–Trinajstić information content (AvgIpc) is 3.06. The van der Waals surface area contributed by atoms with Crippen LogP contribution in [-0.4, -0.2) is 56.8 Å². The van der Waals surface area contributed by atoms with Gasteiger partial charge in [-0.25, -0.2) is 0 Å². The Balaban J connectivity index is 1.68. The minimum absolute atomic E-state index is 0.0998. The van der Waals surface area contributed by atoms with E-state index in [1.807, 2.05) is 0 Å². The molecule has 2 saturated carbocycles. The number of hydrogen-bond donors (Lipinski definition) is 4. The van der Waals surface area contributed by atoms with Crippen molar-refractivity contribution in [3.8, 4) is 0 Å². The first-order valence-corrected chi connectivity index (χ1v) is 14.9. The topological polar surface area (TPSA) is 124 Å². The quantitative estimate of drug-likeness (QED) is 0.239. The molecule has 0 heterocycles. The fraction of sp³-hybridized carbons (Fsp3) is 0.758. The van der Waals surface area contributed by atoms with Gasteiger partial charge in [0.15, 0.2) is 0 Å². The van der Waals surface area contributed by atoms with E-state index in [1.165, 1.54) is 25.0 Å². The molecular weight excluding hydrogens is 508 g/mol. The maximum atomic E-state index is 12.7. The van der Waals surface area contributed by atoms with Crippen LogP contribution >= 0.6 is 0 Å². The first-order valence-electron chi connectivity index (χ1n) is 14.9. The van der Waals surface area contributed by atoms with Crippen LogP contribution < -0.4 is 0 Å². The van der Waals surface area contributed by atoms with Gasteiger partial charge in [-0.15, -0.1) is 0 Å². The second-order valence-electron chi connectivity index (χ2n) is 14.7. The second-order valence-corrected chi connectivity index (χ2v) is 14.7. The van der Waals surface area contributed by atoms with Gasteiger partial charge in [-0.1, -0.05) is 53.3 Å². The van der Waals surface area contributed by atoms with Crippen LogP contribution in [0.5, 0.6) is 0 Å². The molecule has 0 aromatic rings. The Morgan fingerprint density at radius 1 is 1.18 bits per heavy atom. The zero-order chi connectivity index (χ0) is 30.1. The summed E-state index contributed by atoms with van der Waals surface area (Å²) < 4.78 is 5.78. The smallest absolute Gasteiger partial charge is 0.306 e. The minimum atomic E-state index is -1.47. The van der Waals surface area contributed by atoms with Crippen LogP contribution in [0.3, 0.4) is 0 Å². The number of allylic oxidation sites excluding steroid dienone is 4. The lowest BCUT2D eigenvalue weighted by atomic mass is 9.44. The van der Waals surface area contributed by atoms with Crippen molar-refractivity contribution in [3.63, 3.8) is 0 Å². The van der Waals surface area contributed by atoms with Crippen molar-refractivity contribution >= 4 is 11.9 Å². The van der Waals surface area contributed by atoms with Gasteiger partial charge < -0.3 is 25.2 Å². The van der Waals surface area contributed by atoms with Crippen molar-refractivity contribution < 1.29 is 34.8 Å². The number of ether oxygens (including phenoxy) is 1. The number of carboxylic acids is 1. The standard InChI is InChI=1S/C33H50O7/c1-19(33(8,39)18-34)9-10-21(28(37)38)27-24(36)17-32(7)23-11-12-25-29(3,4)26(40-20(2)35)14-15-30(25,5)22(23)13-16-31(27,32)6/h11,13,21,24-27,34,36,39H,1,9-10,12,14-18H2,2-8H3,(H,37,38)/t21-,24-,25+,26+,27+,30-,31-,32+,33?/m1/s1. The third-order valence-electron chi connectivity index (χ3n) is 12.1. The molecule has 7 heteroatoms. The Morgan fingerprint density at radius 2 is 1.82 bits per heavy atom. The molecule has 4 aliphatic carbocycles. The van der Waals surface area contributed by atoms with Crippen molar-refractivity contribution in [2.75, 3.05) is 6.61 Å². The molecule has 4 aliphatic rings. The number of hydrogen-bond acceptors (Lipinski definition) is 6. The third-order valence-corrected chi connectivity index (χ3v) is 12.1. The van der Waals surface area contributed by atoms with Gasteiger partial charge in [-0.3, -0.25) is 9.59 Å². The molecule has 0 aliphatic heterocycles. The van der Waals surface area contributed by atoms with Crippen molar-refractivity contribution in [2.45, 2.75) is 111 Å². The number of aliphatic carboxylic acids is 1. The molecule has 2 fully saturated rings. The molecule has 0 spiro atoms. The molecule has 1 unspecified atom stereocenters. The minimum Gasteiger partial charge on any atom is -0.481 e. The summed E-state index contributed by atoms with van der Waals surface area (Å²) in [6.45, 7) is 17.5. The molecular formula is C33H50O7. The predicted molar refractivity (Wildman–Crippen MR) is 153 cm³/mol. The number of carboxylic acid groups (broad SMARTS) is 1. The van der Waals surface area contributed by atoms with Crippen LogP contribution in [-0.2, 0) is 14.3 Å². The van der Waals surface area contributed by atoms with Gasteiger partial charge in [0.2, 0.25) is 0 Å². The summed E-state index contributed by atoms with van der Waals surface area (Å²) in [6, 6.07) is 0. The number of esters is 1.